The summed E-state index contributed by atoms with van der Waals surface area (Å²) in [4.78, 5) is 10.3. The molecule has 1 aliphatic rings. The summed E-state index contributed by atoms with van der Waals surface area (Å²) < 4.78 is 0. The lowest BCUT2D eigenvalue weighted by atomic mass is 9.93. The average Bonchev–Trinajstić information content (AvgIpc) is 2.54. The molecule has 88 valence electrons. The van der Waals surface area contributed by atoms with Crippen LogP contribution < -0.4 is 5.32 Å². The molecule has 0 aromatic rings. The molecule has 3 atom stereocenters. The third-order valence-corrected chi connectivity index (χ3v) is 3.73. The Bertz CT molecular complexity index is 206. The summed E-state index contributed by atoms with van der Waals surface area (Å²) in [6.07, 6.45) is 4.89. The van der Waals surface area contributed by atoms with Gasteiger partial charge in [0.25, 0.3) is 0 Å². The zero-order valence-electron chi connectivity index (χ0n) is 9.83. The third-order valence-electron chi connectivity index (χ3n) is 3.73. The van der Waals surface area contributed by atoms with E-state index in [0.717, 1.165) is 24.8 Å². The summed E-state index contributed by atoms with van der Waals surface area (Å²) >= 11 is 0. The number of aliphatic carboxylic acids is 1. The predicted molar refractivity (Wildman–Crippen MR) is 60.8 cm³/mol. The van der Waals surface area contributed by atoms with Gasteiger partial charge in [-0.15, -0.1) is 0 Å². The first-order valence-electron chi connectivity index (χ1n) is 6.10. The highest BCUT2D eigenvalue weighted by atomic mass is 16.4. The van der Waals surface area contributed by atoms with Gasteiger partial charge >= 0.3 is 5.97 Å². The van der Waals surface area contributed by atoms with Crippen LogP contribution in [0.1, 0.15) is 46.0 Å². The molecule has 15 heavy (non-hydrogen) atoms. The zero-order valence-corrected chi connectivity index (χ0v) is 9.83. The predicted octanol–water partition coefficient (Wildman–Crippen LogP) is 2.27. The summed E-state index contributed by atoms with van der Waals surface area (Å²) in [7, 11) is 0. The van der Waals surface area contributed by atoms with Gasteiger partial charge in [0.1, 0.15) is 0 Å². The first kappa shape index (κ1) is 12.5. The maximum absolute atomic E-state index is 10.3. The van der Waals surface area contributed by atoms with Crippen LogP contribution in [0.2, 0.25) is 0 Å². The fraction of sp³-hybridized carbons (Fsp3) is 0.917. The first-order valence-corrected chi connectivity index (χ1v) is 6.10. The maximum atomic E-state index is 10.3. The minimum Gasteiger partial charge on any atom is -0.481 e. The number of carbonyl (C=O) groups is 1. The van der Waals surface area contributed by atoms with Crippen molar-refractivity contribution in [2.45, 2.75) is 52.0 Å². The Morgan fingerprint density at radius 1 is 1.47 bits per heavy atom. The van der Waals surface area contributed by atoms with Crippen molar-refractivity contribution in [3.05, 3.63) is 0 Å². The van der Waals surface area contributed by atoms with Crippen LogP contribution in [-0.2, 0) is 4.79 Å². The van der Waals surface area contributed by atoms with Crippen molar-refractivity contribution in [2.24, 2.45) is 11.8 Å². The van der Waals surface area contributed by atoms with Gasteiger partial charge in [-0.2, -0.15) is 0 Å². The van der Waals surface area contributed by atoms with Gasteiger partial charge in [-0.05, 0) is 37.6 Å². The Morgan fingerprint density at radius 3 is 2.73 bits per heavy atom. The molecular weight excluding hydrogens is 190 g/mol. The second kappa shape index (κ2) is 6.11. The topological polar surface area (TPSA) is 49.3 Å². The Labute approximate surface area is 92.3 Å². The van der Waals surface area contributed by atoms with Gasteiger partial charge in [0.2, 0.25) is 0 Å². The Morgan fingerprint density at radius 2 is 2.20 bits per heavy atom. The van der Waals surface area contributed by atoms with Gasteiger partial charge in [-0.3, -0.25) is 4.79 Å². The fourth-order valence-electron chi connectivity index (χ4n) is 2.64. The van der Waals surface area contributed by atoms with E-state index in [-0.39, 0.29) is 6.42 Å². The zero-order chi connectivity index (χ0) is 11.3. The lowest BCUT2D eigenvalue weighted by molar-refractivity contribution is -0.137. The SMILES string of the molecule is CCC1CCC(NCCCC(=O)O)C1C. The molecule has 0 aliphatic heterocycles. The summed E-state index contributed by atoms with van der Waals surface area (Å²) in [6, 6.07) is 0.615. The van der Waals surface area contributed by atoms with E-state index >= 15 is 0 Å². The molecule has 1 saturated carbocycles. The smallest absolute Gasteiger partial charge is 0.303 e. The van der Waals surface area contributed by atoms with Crippen molar-refractivity contribution >= 4 is 5.97 Å². The Hall–Kier alpha value is -0.570. The summed E-state index contributed by atoms with van der Waals surface area (Å²) in [5.41, 5.74) is 0. The number of carboxylic acids is 1. The summed E-state index contributed by atoms with van der Waals surface area (Å²) in [5, 5.41) is 12.0. The van der Waals surface area contributed by atoms with Crippen molar-refractivity contribution in [1.29, 1.82) is 0 Å². The number of hydrogen-bond donors (Lipinski definition) is 2. The highest BCUT2D eigenvalue weighted by Crippen LogP contribution is 2.33. The molecular formula is C12H23NO2. The Kier molecular flexibility index (Phi) is 5.09. The molecule has 3 unspecified atom stereocenters. The largest absolute Gasteiger partial charge is 0.481 e. The number of hydrogen-bond acceptors (Lipinski definition) is 2. The molecule has 1 fully saturated rings. The van der Waals surface area contributed by atoms with Crippen molar-refractivity contribution in [3.63, 3.8) is 0 Å². The maximum Gasteiger partial charge on any atom is 0.303 e. The van der Waals surface area contributed by atoms with Crippen LogP contribution in [0.25, 0.3) is 0 Å². The van der Waals surface area contributed by atoms with Crippen LogP contribution in [0.5, 0.6) is 0 Å². The van der Waals surface area contributed by atoms with E-state index in [0.29, 0.717) is 6.04 Å². The highest BCUT2D eigenvalue weighted by Gasteiger charge is 2.30. The van der Waals surface area contributed by atoms with Crippen LogP contribution in [0, 0.1) is 11.8 Å². The lowest BCUT2D eigenvalue weighted by Gasteiger charge is -2.20. The standard InChI is InChI=1S/C12H23NO2/c1-3-10-6-7-11(9(10)2)13-8-4-5-12(14)15/h9-11,13H,3-8H2,1-2H3,(H,14,15). The molecule has 1 rings (SSSR count). The molecule has 0 spiro atoms. The van der Waals surface area contributed by atoms with Gasteiger partial charge in [0, 0.05) is 12.5 Å². The first-order chi connectivity index (χ1) is 7.15. The van der Waals surface area contributed by atoms with Gasteiger partial charge < -0.3 is 10.4 Å². The van der Waals surface area contributed by atoms with Crippen LogP contribution in [0.15, 0.2) is 0 Å². The van der Waals surface area contributed by atoms with E-state index in [4.69, 9.17) is 5.11 Å². The van der Waals surface area contributed by atoms with E-state index in [2.05, 4.69) is 19.2 Å². The van der Waals surface area contributed by atoms with Crippen LogP contribution >= 0.6 is 0 Å². The normalized spacial score (nSPS) is 30.7. The molecule has 3 heteroatoms. The fourth-order valence-corrected chi connectivity index (χ4v) is 2.64. The third kappa shape index (κ3) is 3.82. The molecule has 0 heterocycles. The van der Waals surface area contributed by atoms with Gasteiger partial charge in [-0.25, -0.2) is 0 Å². The molecule has 0 aromatic carbocycles. The second-order valence-corrected chi connectivity index (χ2v) is 4.66. The molecule has 1 aliphatic carbocycles. The Balaban J connectivity index is 2.14. The summed E-state index contributed by atoms with van der Waals surface area (Å²) in [5.74, 6) is 0.921. The van der Waals surface area contributed by atoms with Crippen LogP contribution in [0.4, 0.5) is 0 Å². The minimum absolute atomic E-state index is 0.283. The van der Waals surface area contributed by atoms with Crippen molar-refractivity contribution < 1.29 is 9.90 Å². The van der Waals surface area contributed by atoms with Gasteiger partial charge in [0.15, 0.2) is 0 Å². The minimum atomic E-state index is -0.692. The molecule has 0 bridgehead atoms. The molecule has 2 N–H and O–H groups in total. The molecule has 0 aromatic heterocycles. The monoisotopic (exact) mass is 213 g/mol. The van der Waals surface area contributed by atoms with E-state index < -0.39 is 5.97 Å². The van der Waals surface area contributed by atoms with Crippen molar-refractivity contribution in [2.75, 3.05) is 6.54 Å². The van der Waals surface area contributed by atoms with E-state index in [1.165, 1.54) is 19.3 Å². The van der Waals surface area contributed by atoms with E-state index in [9.17, 15) is 4.79 Å². The van der Waals surface area contributed by atoms with Crippen LogP contribution in [0.3, 0.4) is 0 Å². The molecule has 0 saturated heterocycles. The number of carboxylic acid groups (broad SMARTS) is 1. The van der Waals surface area contributed by atoms with Gasteiger partial charge in [0.05, 0.1) is 0 Å². The highest BCUT2D eigenvalue weighted by molar-refractivity contribution is 5.66. The lowest BCUT2D eigenvalue weighted by Crippen LogP contribution is -2.33. The average molecular weight is 213 g/mol. The van der Waals surface area contributed by atoms with Crippen molar-refractivity contribution in [3.8, 4) is 0 Å². The summed E-state index contributed by atoms with van der Waals surface area (Å²) in [6.45, 7) is 5.42. The molecule has 0 radical (unpaired) electrons. The molecule has 0 amide bonds. The number of nitrogens with one attached hydrogen (secondary N) is 1. The van der Waals surface area contributed by atoms with E-state index in [1.54, 1.807) is 0 Å². The van der Waals surface area contributed by atoms with Crippen LogP contribution in [-0.4, -0.2) is 23.7 Å². The molecule has 3 nitrogen and oxygen atoms in total. The quantitative estimate of drug-likeness (QED) is 0.665. The number of rotatable bonds is 6. The van der Waals surface area contributed by atoms with Crippen molar-refractivity contribution in [1.82, 2.24) is 5.32 Å². The van der Waals surface area contributed by atoms with E-state index in [1.807, 2.05) is 0 Å². The second-order valence-electron chi connectivity index (χ2n) is 4.66. The van der Waals surface area contributed by atoms with Gasteiger partial charge in [-0.1, -0.05) is 20.3 Å².